The fourth-order valence-electron chi connectivity index (χ4n) is 6.18. The second-order valence-electron chi connectivity index (χ2n) is 11.6. The van der Waals surface area contributed by atoms with Crippen LogP contribution in [0, 0.1) is 5.92 Å². The van der Waals surface area contributed by atoms with E-state index in [0.29, 0.717) is 31.1 Å². The first-order valence-electron chi connectivity index (χ1n) is 14.2. The van der Waals surface area contributed by atoms with Gasteiger partial charge in [0.15, 0.2) is 0 Å². The Hall–Kier alpha value is -3.77. The van der Waals surface area contributed by atoms with Gasteiger partial charge in [-0.15, -0.1) is 0 Å². The summed E-state index contributed by atoms with van der Waals surface area (Å²) in [5, 5.41) is 0. The number of carbonyl (C=O) groups is 3. The van der Waals surface area contributed by atoms with Crippen molar-refractivity contribution in [3.63, 3.8) is 0 Å². The van der Waals surface area contributed by atoms with Gasteiger partial charge in [0.1, 0.15) is 12.1 Å². The molecule has 5 rings (SSSR count). The minimum Gasteiger partial charge on any atom is -0.341 e. The number of carbonyl (C=O) groups excluding carboxylic acids is 3. The van der Waals surface area contributed by atoms with Crippen LogP contribution >= 0.6 is 0 Å². The summed E-state index contributed by atoms with van der Waals surface area (Å²) in [4.78, 5) is 46.6. The van der Waals surface area contributed by atoms with Crippen molar-refractivity contribution >= 4 is 23.4 Å². The van der Waals surface area contributed by atoms with E-state index in [1.54, 1.807) is 17.0 Å². The summed E-state index contributed by atoms with van der Waals surface area (Å²) in [6, 6.07) is 9.91. The molecule has 0 aliphatic carbocycles. The first kappa shape index (κ1) is 30.7. The van der Waals surface area contributed by atoms with E-state index in [9.17, 15) is 40.7 Å². The van der Waals surface area contributed by atoms with Crippen LogP contribution in [0.3, 0.4) is 0 Å². The summed E-state index contributed by atoms with van der Waals surface area (Å²) < 4.78 is 80.3. The van der Waals surface area contributed by atoms with Gasteiger partial charge in [0.25, 0.3) is 11.8 Å². The highest BCUT2D eigenvalue weighted by Crippen LogP contribution is 2.41. The van der Waals surface area contributed by atoms with Crippen molar-refractivity contribution in [2.24, 2.45) is 5.92 Å². The first-order chi connectivity index (χ1) is 20.2. The number of hydrogen-bond donors (Lipinski definition) is 0. The number of anilines is 1. The van der Waals surface area contributed by atoms with E-state index in [0.717, 1.165) is 18.5 Å². The molecule has 0 atom stereocenters. The van der Waals surface area contributed by atoms with Crippen LogP contribution in [0.15, 0.2) is 48.5 Å². The van der Waals surface area contributed by atoms with Crippen LogP contribution < -0.4 is 4.90 Å². The molecule has 0 N–H and O–H groups in total. The van der Waals surface area contributed by atoms with Crippen molar-refractivity contribution in [2.45, 2.75) is 50.5 Å². The lowest BCUT2D eigenvalue weighted by molar-refractivity contribution is -0.143. The molecule has 13 heteroatoms. The van der Waals surface area contributed by atoms with Gasteiger partial charge in [-0.05, 0) is 61.9 Å². The standard InChI is InChI=1S/C30H32F6N4O3/c1-20-7-11-37(12-8-20)25(41)18-39-19-40(24-5-3-2-4-6-24)28(27(39)43)9-13-38(14-10-28)26(42)21-15-22(29(31,32)33)17-23(16-21)30(34,35)36/h2-6,15-17,20H,7-14,18-19H2,1H3. The third kappa shape index (κ3) is 6.16. The minimum absolute atomic E-state index is 0.0166. The average Bonchev–Trinajstić information content (AvgIpc) is 3.23. The highest BCUT2D eigenvalue weighted by Gasteiger charge is 2.54. The lowest BCUT2D eigenvalue weighted by atomic mass is 9.85. The van der Waals surface area contributed by atoms with E-state index in [2.05, 4.69) is 6.92 Å². The Morgan fingerprint density at radius 3 is 1.93 bits per heavy atom. The minimum atomic E-state index is -5.08. The molecule has 0 aromatic heterocycles. The summed E-state index contributed by atoms with van der Waals surface area (Å²) in [7, 11) is 0. The van der Waals surface area contributed by atoms with Gasteiger partial charge in [-0.2, -0.15) is 26.3 Å². The molecule has 2 aromatic rings. The second kappa shape index (κ2) is 11.4. The Balaban J connectivity index is 1.37. The largest absolute Gasteiger partial charge is 0.416 e. The lowest BCUT2D eigenvalue weighted by Gasteiger charge is -2.43. The van der Waals surface area contributed by atoms with Crippen LogP contribution in [0.5, 0.6) is 0 Å². The summed E-state index contributed by atoms with van der Waals surface area (Å²) in [6.45, 7) is 3.26. The number of nitrogens with zero attached hydrogens (tertiary/aromatic N) is 4. The molecular formula is C30H32F6N4O3. The van der Waals surface area contributed by atoms with Gasteiger partial charge in [-0.3, -0.25) is 14.4 Å². The van der Waals surface area contributed by atoms with Crippen LogP contribution in [0.1, 0.15) is 54.1 Å². The fourth-order valence-corrected chi connectivity index (χ4v) is 6.18. The summed E-state index contributed by atoms with van der Waals surface area (Å²) >= 11 is 0. The van der Waals surface area contributed by atoms with E-state index in [1.165, 1.54) is 9.80 Å². The molecule has 3 aliphatic heterocycles. The SMILES string of the molecule is CC1CCN(C(=O)CN2CN(c3ccccc3)C3(CCN(C(=O)c4cc(C(F)(F)F)cc(C(F)(F)F)c4)CC3)C2=O)CC1. The number of para-hydroxylation sites is 1. The molecule has 3 fully saturated rings. The smallest absolute Gasteiger partial charge is 0.341 e. The van der Waals surface area contributed by atoms with Crippen LogP contribution in [0.4, 0.5) is 32.0 Å². The molecule has 3 saturated heterocycles. The maximum absolute atomic E-state index is 14.0. The van der Waals surface area contributed by atoms with Gasteiger partial charge < -0.3 is 19.6 Å². The number of hydrogen-bond acceptors (Lipinski definition) is 4. The van der Waals surface area contributed by atoms with Gasteiger partial charge in [0, 0.05) is 37.4 Å². The number of benzene rings is 2. The third-order valence-electron chi connectivity index (χ3n) is 8.76. The number of halogens is 6. The summed E-state index contributed by atoms with van der Waals surface area (Å²) in [5.74, 6) is -0.892. The molecule has 3 heterocycles. The highest BCUT2D eigenvalue weighted by molar-refractivity contribution is 5.98. The highest BCUT2D eigenvalue weighted by atomic mass is 19.4. The van der Waals surface area contributed by atoms with E-state index in [1.807, 2.05) is 23.1 Å². The second-order valence-corrected chi connectivity index (χ2v) is 11.6. The van der Waals surface area contributed by atoms with E-state index < -0.39 is 40.5 Å². The average molecular weight is 611 g/mol. The van der Waals surface area contributed by atoms with Crippen molar-refractivity contribution in [1.29, 1.82) is 0 Å². The molecule has 0 bridgehead atoms. The molecule has 3 aliphatic rings. The van der Waals surface area contributed by atoms with Crippen molar-refractivity contribution < 1.29 is 40.7 Å². The summed E-state index contributed by atoms with van der Waals surface area (Å²) in [5.41, 5.74) is -4.25. The molecule has 0 saturated carbocycles. The molecule has 1 spiro atoms. The maximum atomic E-state index is 14.0. The van der Waals surface area contributed by atoms with Crippen molar-refractivity contribution in [2.75, 3.05) is 44.3 Å². The molecule has 0 unspecified atom stereocenters. The number of amides is 3. The van der Waals surface area contributed by atoms with E-state index >= 15 is 0 Å². The number of rotatable bonds is 4. The van der Waals surface area contributed by atoms with Gasteiger partial charge in [0.05, 0.1) is 17.8 Å². The van der Waals surface area contributed by atoms with E-state index in [-0.39, 0.29) is 57.0 Å². The molecule has 3 amide bonds. The van der Waals surface area contributed by atoms with Crippen molar-refractivity contribution in [1.82, 2.24) is 14.7 Å². The molecule has 232 valence electrons. The van der Waals surface area contributed by atoms with Crippen molar-refractivity contribution in [3.05, 3.63) is 65.2 Å². The number of alkyl halides is 6. The topological polar surface area (TPSA) is 64.2 Å². The zero-order chi connectivity index (χ0) is 31.2. The Bertz CT molecular complexity index is 1330. The molecule has 43 heavy (non-hydrogen) atoms. The molecule has 7 nitrogen and oxygen atoms in total. The third-order valence-corrected chi connectivity index (χ3v) is 8.76. The maximum Gasteiger partial charge on any atom is 0.416 e. The number of piperidine rings is 2. The fraction of sp³-hybridized carbons (Fsp3) is 0.500. The lowest BCUT2D eigenvalue weighted by Crippen LogP contribution is -2.57. The van der Waals surface area contributed by atoms with Gasteiger partial charge in [0.2, 0.25) is 5.91 Å². The normalized spacial score (nSPS) is 19.8. The predicted molar refractivity (Wildman–Crippen MR) is 145 cm³/mol. The van der Waals surface area contributed by atoms with Crippen LogP contribution in [-0.4, -0.2) is 77.4 Å². The van der Waals surface area contributed by atoms with E-state index in [4.69, 9.17) is 0 Å². The quantitative estimate of drug-likeness (QED) is 0.443. The summed E-state index contributed by atoms with van der Waals surface area (Å²) in [6.07, 6.45) is -8.21. The zero-order valence-electron chi connectivity index (χ0n) is 23.5. The van der Waals surface area contributed by atoms with Gasteiger partial charge >= 0.3 is 12.4 Å². The Morgan fingerprint density at radius 2 is 1.40 bits per heavy atom. The van der Waals surface area contributed by atoms with Crippen LogP contribution in [0.2, 0.25) is 0 Å². The predicted octanol–water partition coefficient (Wildman–Crippen LogP) is 5.26. The zero-order valence-corrected chi connectivity index (χ0v) is 23.5. The van der Waals surface area contributed by atoms with Crippen LogP contribution in [-0.2, 0) is 21.9 Å². The van der Waals surface area contributed by atoms with Crippen LogP contribution in [0.25, 0.3) is 0 Å². The monoisotopic (exact) mass is 610 g/mol. The Labute approximate surface area is 245 Å². The Morgan fingerprint density at radius 1 is 0.837 bits per heavy atom. The molecule has 0 radical (unpaired) electrons. The van der Waals surface area contributed by atoms with Gasteiger partial charge in [-0.25, -0.2) is 0 Å². The first-order valence-corrected chi connectivity index (χ1v) is 14.2. The van der Waals surface area contributed by atoms with Crippen molar-refractivity contribution in [3.8, 4) is 0 Å². The van der Waals surface area contributed by atoms with Gasteiger partial charge in [-0.1, -0.05) is 25.1 Å². The molecule has 2 aromatic carbocycles. The molecular weight excluding hydrogens is 578 g/mol. The Kier molecular flexibility index (Phi) is 8.12. The number of likely N-dealkylation sites (tertiary alicyclic amines) is 2.